The van der Waals surface area contributed by atoms with Gasteiger partial charge in [-0.15, -0.1) is 0 Å². The average Bonchev–Trinajstić information content (AvgIpc) is 3.19. The molecule has 24 heavy (non-hydrogen) atoms. The van der Waals surface area contributed by atoms with Gasteiger partial charge in [-0.2, -0.15) is 0 Å². The molecule has 2 amide bonds. The van der Waals surface area contributed by atoms with E-state index in [4.69, 9.17) is 9.15 Å². The largest absolute Gasteiger partial charge is 0.448 e. The van der Waals surface area contributed by atoms with Crippen LogP contribution in [0.25, 0.3) is 0 Å². The van der Waals surface area contributed by atoms with Crippen LogP contribution in [0.2, 0.25) is 0 Å². The maximum absolute atomic E-state index is 12.3. The third kappa shape index (κ3) is 3.17. The van der Waals surface area contributed by atoms with Gasteiger partial charge in [-0.05, 0) is 19.3 Å². The zero-order chi connectivity index (χ0) is 17.2. The average molecular weight is 335 g/mol. The molecule has 1 aromatic rings. The van der Waals surface area contributed by atoms with E-state index < -0.39 is 0 Å². The van der Waals surface area contributed by atoms with Crippen molar-refractivity contribution in [3.8, 4) is 0 Å². The Labute approximate surface area is 141 Å². The summed E-state index contributed by atoms with van der Waals surface area (Å²) in [5.41, 5.74) is 0.275. The number of hydrogen-bond donors (Lipinski definition) is 1. The van der Waals surface area contributed by atoms with Crippen LogP contribution >= 0.6 is 0 Å². The molecule has 2 atom stereocenters. The Morgan fingerprint density at radius 2 is 2.38 bits per heavy atom. The topological polar surface area (TPSA) is 84.7 Å². The number of methoxy groups -OCH3 is 1. The second kappa shape index (κ2) is 6.93. The van der Waals surface area contributed by atoms with Gasteiger partial charge in [0.2, 0.25) is 5.91 Å². The van der Waals surface area contributed by atoms with Crippen molar-refractivity contribution in [1.29, 1.82) is 0 Å². The van der Waals surface area contributed by atoms with Gasteiger partial charge in [0.25, 0.3) is 5.91 Å². The van der Waals surface area contributed by atoms with Crippen LogP contribution in [-0.2, 0) is 9.53 Å². The van der Waals surface area contributed by atoms with E-state index in [1.54, 1.807) is 14.0 Å². The van der Waals surface area contributed by atoms with Crippen LogP contribution in [0.5, 0.6) is 0 Å². The van der Waals surface area contributed by atoms with Crippen molar-refractivity contribution < 1.29 is 18.7 Å². The van der Waals surface area contributed by atoms with Gasteiger partial charge < -0.3 is 19.4 Å². The molecule has 2 heterocycles. The molecule has 7 nitrogen and oxygen atoms in total. The molecule has 2 fully saturated rings. The molecule has 0 aromatic carbocycles. The summed E-state index contributed by atoms with van der Waals surface area (Å²) in [7, 11) is 1.65. The van der Waals surface area contributed by atoms with Crippen molar-refractivity contribution in [2.45, 2.75) is 45.1 Å². The van der Waals surface area contributed by atoms with Crippen molar-refractivity contribution in [3.63, 3.8) is 0 Å². The fraction of sp³-hybridized carbons (Fsp3) is 0.706. The second-order valence-electron chi connectivity index (χ2n) is 6.78. The molecule has 0 spiro atoms. The summed E-state index contributed by atoms with van der Waals surface area (Å²) in [5, 5.41) is 3.00. The number of aromatic nitrogens is 1. The number of aryl methyl sites for hydroxylation is 1. The van der Waals surface area contributed by atoms with Crippen LogP contribution in [0.3, 0.4) is 0 Å². The zero-order valence-corrected chi connectivity index (χ0v) is 14.3. The van der Waals surface area contributed by atoms with Gasteiger partial charge in [-0.1, -0.05) is 6.42 Å². The van der Waals surface area contributed by atoms with Crippen molar-refractivity contribution in [3.05, 3.63) is 17.8 Å². The number of amides is 2. The summed E-state index contributed by atoms with van der Waals surface area (Å²) < 4.78 is 10.2. The summed E-state index contributed by atoms with van der Waals surface area (Å²) >= 11 is 0. The lowest BCUT2D eigenvalue weighted by atomic mass is 9.74. The number of oxazole rings is 1. The Hall–Kier alpha value is -1.89. The second-order valence-corrected chi connectivity index (χ2v) is 6.78. The Kier molecular flexibility index (Phi) is 4.89. The highest BCUT2D eigenvalue weighted by Gasteiger charge is 2.50. The van der Waals surface area contributed by atoms with Gasteiger partial charge >= 0.3 is 0 Å². The summed E-state index contributed by atoms with van der Waals surface area (Å²) in [5.74, 6) is 0.464. The number of nitrogens with zero attached hydrogens (tertiary/aromatic N) is 2. The highest BCUT2D eigenvalue weighted by Crippen LogP contribution is 2.47. The number of carbonyl (C=O) groups is 2. The maximum atomic E-state index is 12.3. The van der Waals surface area contributed by atoms with Crippen LogP contribution in [0, 0.1) is 12.3 Å². The molecule has 1 N–H and O–H groups in total. The van der Waals surface area contributed by atoms with E-state index in [9.17, 15) is 9.59 Å². The monoisotopic (exact) mass is 335 g/mol. The first-order valence-electron chi connectivity index (χ1n) is 8.54. The SMILES string of the molecule is COCCN1C(=O)CC[C@]2(CNC(=O)c3coc(C)n3)CCC[C@@H]12. The minimum absolute atomic E-state index is 0.0317. The lowest BCUT2D eigenvalue weighted by Gasteiger charge is -2.46. The first kappa shape index (κ1) is 17.0. The Morgan fingerprint density at radius 1 is 1.54 bits per heavy atom. The summed E-state index contributed by atoms with van der Waals surface area (Å²) in [4.78, 5) is 30.6. The van der Waals surface area contributed by atoms with E-state index in [1.165, 1.54) is 6.26 Å². The van der Waals surface area contributed by atoms with E-state index in [2.05, 4.69) is 10.3 Å². The summed E-state index contributed by atoms with van der Waals surface area (Å²) in [6, 6.07) is 0.188. The summed E-state index contributed by atoms with van der Waals surface area (Å²) in [6.45, 7) is 3.45. The molecule has 7 heteroatoms. The number of carbonyl (C=O) groups excluding carboxylic acids is 2. The van der Waals surface area contributed by atoms with Gasteiger partial charge in [0.1, 0.15) is 6.26 Å². The standard InChI is InChI=1S/C17H25N3O4/c1-12-19-13(10-24-12)16(22)18-11-17-6-3-4-14(17)20(8-9-23-2)15(21)5-7-17/h10,14H,3-9,11H2,1-2H3,(H,18,22)/t14-,17+/m1/s1. The van der Waals surface area contributed by atoms with E-state index in [-0.39, 0.29) is 23.3 Å². The van der Waals surface area contributed by atoms with Crippen LogP contribution in [0.15, 0.2) is 10.7 Å². The zero-order valence-electron chi connectivity index (χ0n) is 14.3. The third-order valence-electron chi connectivity index (χ3n) is 5.38. The van der Waals surface area contributed by atoms with Crippen molar-refractivity contribution in [2.75, 3.05) is 26.8 Å². The van der Waals surface area contributed by atoms with Crippen LogP contribution in [-0.4, -0.2) is 54.5 Å². The Balaban J connectivity index is 1.68. The van der Waals surface area contributed by atoms with Crippen LogP contribution < -0.4 is 5.32 Å². The van der Waals surface area contributed by atoms with Crippen LogP contribution in [0.1, 0.15) is 48.5 Å². The lowest BCUT2D eigenvalue weighted by molar-refractivity contribution is -0.142. The highest BCUT2D eigenvalue weighted by molar-refractivity contribution is 5.92. The predicted octanol–water partition coefficient (Wildman–Crippen LogP) is 1.52. The van der Waals surface area contributed by atoms with Crippen molar-refractivity contribution in [2.24, 2.45) is 5.41 Å². The smallest absolute Gasteiger partial charge is 0.273 e. The molecule has 0 radical (unpaired) electrons. The fourth-order valence-corrected chi connectivity index (χ4v) is 4.15. The van der Waals surface area contributed by atoms with Gasteiger partial charge in [-0.25, -0.2) is 4.98 Å². The van der Waals surface area contributed by atoms with E-state index in [1.807, 2.05) is 4.90 Å². The maximum Gasteiger partial charge on any atom is 0.273 e. The Bertz CT molecular complexity index is 615. The van der Waals surface area contributed by atoms with Gasteiger partial charge in [0.15, 0.2) is 11.6 Å². The number of hydrogen-bond acceptors (Lipinski definition) is 5. The molecule has 1 aliphatic heterocycles. The molecule has 1 saturated heterocycles. The fourth-order valence-electron chi connectivity index (χ4n) is 4.15. The molecular formula is C17H25N3O4. The predicted molar refractivity (Wildman–Crippen MR) is 86.5 cm³/mol. The molecule has 0 bridgehead atoms. The van der Waals surface area contributed by atoms with Crippen molar-refractivity contribution in [1.82, 2.24) is 15.2 Å². The molecule has 0 unspecified atom stereocenters. The molecular weight excluding hydrogens is 310 g/mol. The van der Waals surface area contributed by atoms with E-state index in [0.717, 1.165) is 25.7 Å². The number of ether oxygens (including phenoxy) is 1. The first-order chi connectivity index (χ1) is 11.6. The minimum atomic E-state index is -0.216. The summed E-state index contributed by atoms with van der Waals surface area (Å²) in [6.07, 6.45) is 5.86. The third-order valence-corrected chi connectivity index (χ3v) is 5.38. The lowest BCUT2D eigenvalue weighted by Crippen LogP contribution is -2.56. The number of piperidine rings is 1. The van der Waals surface area contributed by atoms with E-state index in [0.29, 0.717) is 37.7 Å². The minimum Gasteiger partial charge on any atom is -0.448 e. The number of likely N-dealkylation sites (tertiary alicyclic amines) is 1. The number of rotatable bonds is 6. The van der Waals surface area contributed by atoms with Gasteiger partial charge in [0, 0.05) is 45.0 Å². The Morgan fingerprint density at radius 3 is 3.08 bits per heavy atom. The van der Waals surface area contributed by atoms with Crippen molar-refractivity contribution >= 4 is 11.8 Å². The molecule has 3 rings (SSSR count). The molecule has 132 valence electrons. The normalized spacial score (nSPS) is 26.5. The number of fused-ring (bicyclic) bond motifs is 1. The van der Waals surface area contributed by atoms with E-state index >= 15 is 0 Å². The molecule has 1 saturated carbocycles. The number of nitrogens with one attached hydrogen (secondary N) is 1. The quantitative estimate of drug-likeness (QED) is 0.852. The van der Waals surface area contributed by atoms with Gasteiger partial charge in [-0.3, -0.25) is 9.59 Å². The van der Waals surface area contributed by atoms with Gasteiger partial charge in [0.05, 0.1) is 6.61 Å². The molecule has 1 aromatic heterocycles. The molecule has 2 aliphatic rings. The first-order valence-corrected chi connectivity index (χ1v) is 8.54. The van der Waals surface area contributed by atoms with Crippen LogP contribution in [0.4, 0.5) is 0 Å². The highest BCUT2D eigenvalue weighted by atomic mass is 16.5. The molecule has 1 aliphatic carbocycles.